The lowest BCUT2D eigenvalue weighted by Gasteiger charge is -2.73. The van der Waals surface area contributed by atoms with Crippen LogP contribution in [0.25, 0.3) is 0 Å². The van der Waals surface area contributed by atoms with E-state index in [1.807, 2.05) is 26.0 Å². The van der Waals surface area contributed by atoms with E-state index >= 15 is 0 Å². The molecule has 7 nitrogen and oxygen atoms in total. The van der Waals surface area contributed by atoms with Crippen LogP contribution in [0.15, 0.2) is 23.3 Å². The van der Waals surface area contributed by atoms with Gasteiger partial charge in [0.05, 0.1) is 12.2 Å². The SMILES string of the molecule is CC(=O)OC[C@]12CCC(C)(C)CC1[C@@]1(O)[C@H](OC(C)=O)C=C3[C@@]4(C)C=C(C#N)C(=O)C(C)(C)[C@@H]4CC[C@@]3(C)[C@]1(C)CC2. The molecule has 1 unspecified atom stereocenters. The Morgan fingerprint density at radius 2 is 1.62 bits per heavy atom. The van der Waals surface area contributed by atoms with E-state index in [4.69, 9.17) is 9.47 Å². The highest BCUT2D eigenvalue weighted by Gasteiger charge is 2.76. The minimum Gasteiger partial charge on any atom is -0.465 e. The van der Waals surface area contributed by atoms with E-state index in [2.05, 4.69) is 40.7 Å². The molecule has 0 aromatic carbocycles. The van der Waals surface area contributed by atoms with Crippen molar-refractivity contribution in [3.05, 3.63) is 23.3 Å². The van der Waals surface area contributed by atoms with Crippen molar-refractivity contribution in [1.29, 1.82) is 5.26 Å². The van der Waals surface area contributed by atoms with Crippen LogP contribution in [0.3, 0.4) is 0 Å². The third kappa shape index (κ3) is 3.89. The average molecular weight is 580 g/mol. The van der Waals surface area contributed by atoms with E-state index in [0.717, 1.165) is 44.1 Å². The number of ether oxygens (including phenoxy) is 2. The number of nitrogens with zero attached hydrogens (tertiary/aromatic N) is 1. The second-order valence-corrected chi connectivity index (χ2v) is 16.3. The molecule has 7 heteroatoms. The predicted octanol–water partition coefficient (Wildman–Crippen LogP) is 6.25. The molecule has 3 saturated carbocycles. The van der Waals surface area contributed by atoms with Crippen molar-refractivity contribution in [3.8, 4) is 6.07 Å². The molecule has 0 spiro atoms. The highest BCUT2D eigenvalue weighted by Crippen LogP contribution is 2.76. The molecule has 5 aliphatic rings. The summed E-state index contributed by atoms with van der Waals surface area (Å²) in [7, 11) is 0. The Balaban J connectivity index is 1.77. The van der Waals surface area contributed by atoms with Gasteiger partial charge in [-0.05, 0) is 67.8 Å². The van der Waals surface area contributed by atoms with Gasteiger partial charge < -0.3 is 14.6 Å². The van der Waals surface area contributed by atoms with E-state index in [0.29, 0.717) is 6.42 Å². The predicted molar refractivity (Wildman–Crippen MR) is 158 cm³/mol. The molecule has 230 valence electrons. The Hall–Kier alpha value is -2.46. The van der Waals surface area contributed by atoms with Crippen LogP contribution < -0.4 is 0 Å². The first kappa shape index (κ1) is 31.0. The van der Waals surface area contributed by atoms with Gasteiger partial charge in [0.15, 0.2) is 5.78 Å². The van der Waals surface area contributed by atoms with Crippen molar-refractivity contribution < 1.29 is 29.0 Å². The molecule has 3 fully saturated rings. The number of nitriles is 1. The summed E-state index contributed by atoms with van der Waals surface area (Å²) in [6, 6.07) is 2.17. The lowest BCUT2D eigenvalue weighted by atomic mass is 9.32. The van der Waals surface area contributed by atoms with Crippen molar-refractivity contribution in [2.24, 2.45) is 44.3 Å². The normalized spacial score (nSPS) is 45.0. The minimum atomic E-state index is -1.42. The Labute approximate surface area is 251 Å². The Kier molecular flexibility index (Phi) is 6.84. The number of hydrogen-bond acceptors (Lipinski definition) is 7. The lowest BCUT2D eigenvalue weighted by Crippen LogP contribution is -2.76. The number of esters is 2. The van der Waals surface area contributed by atoms with E-state index in [1.165, 1.54) is 13.8 Å². The molecule has 0 bridgehead atoms. The largest absolute Gasteiger partial charge is 0.465 e. The number of fused-ring (bicyclic) bond motifs is 7. The van der Waals surface area contributed by atoms with Gasteiger partial charge in [-0.25, -0.2) is 0 Å². The van der Waals surface area contributed by atoms with Crippen LogP contribution in [0.5, 0.6) is 0 Å². The first-order valence-corrected chi connectivity index (χ1v) is 15.7. The summed E-state index contributed by atoms with van der Waals surface area (Å²) in [4.78, 5) is 38.1. The van der Waals surface area contributed by atoms with E-state index in [-0.39, 0.29) is 41.2 Å². The maximum Gasteiger partial charge on any atom is 0.303 e. The number of rotatable bonds is 3. The molecule has 0 radical (unpaired) electrons. The van der Waals surface area contributed by atoms with Crippen molar-refractivity contribution in [2.45, 2.75) is 119 Å². The zero-order valence-corrected chi connectivity index (χ0v) is 27.0. The van der Waals surface area contributed by atoms with Crippen LogP contribution in [0, 0.1) is 55.7 Å². The standard InChI is InChI=1S/C35H49NO6/c1-21(37)41-20-34-14-12-29(3,4)18-26(34)35(40)27(42-22(2)38)16-25-31(7)17-23(19-36)28(39)30(5,6)24(31)10-11-32(25,8)33(35,9)13-15-34/h16-17,24,26-27,40H,10-15,18,20H2,1-9H3/t24-,26?,27+,31-,32+,33-,34+,35+/m0/s1. The van der Waals surface area contributed by atoms with Crippen LogP contribution in [-0.4, -0.2) is 41.1 Å². The third-order valence-electron chi connectivity index (χ3n) is 13.3. The Morgan fingerprint density at radius 3 is 2.21 bits per heavy atom. The summed E-state index contributed by atoms with van der Waals surface area (Å²) in [6.45, 7) is 17.9. The molecule has 5 rings (SSSR count). The van der Waals surface area contributed by atoms with Crippen molar-refractivity contribution in [2.75, 3.05) is 6.61 Å². The number of allylic oxidation sites excluding steroid dienone is 3. The van der Waals surface area contributed by atoms with E-state index in [1.54, 1.807) is 0 Å². The molecule has 0 saturated heterocycles. The van der Waals surface area contributed by atoms with Gasteiger partial charge >= 0.3 is 11.9 Å². The minimum absolute atomic E-state index is 0.0399. The fourth-order valence-electron chi connectivity index (χ4n) is 10.8. The summed E-state index contributed by atoms with van der Waals surface area (Å²) in [5.74, 6) is -1.23. The Morgan fingerprint density at radius 1 is 0.976 bits per heavy atom. The quantitative estimate of drug-likeness (QED) is 0.311. The molecule has 5 aliphatic carbocycles. The van der Waals surface area contributed by atoms with Crippen molar-refractivity contribution in [1.82, 2.24) is 0 Å². The smallest absolute Gasteiger partial charge is 0.303 e. The summed E-state index contributed by atoms with van der Waals surface area (Å²) in [5, 5.41) is 23.5. The third-order valence-corrected chi connectivity index (χ3v) is 13.3. The summed E-state index contributed by atoms with van der Waals surface area (Å²) in [5.41, 5.74) is -3.21. The zero-order chi connectivity index (χ0) is 31.3. The number of ketones is 1. The van der Waals surface area contributed by atoms with Gasteiger partial charge in [-0.1, -0.05) is 60.1 Å². The first-order chi connectivity index (χ1) is 19.2. The topological polar surface area (TPSA) is 114 Å². The fraction of sp³-hybridized carbons (Fsp3) is 0.771. The van der Waals surface area contributed by atoms with Crippen LogP contribution in [-0.2, 0) is 23.9 Å². The number of aliphatic hydroxyl groups is 1. The molecule has 0 aromatic rings. The van der Waals surface area contributed by atoms with Gasteiger partial charge in [-0.2, -0.15) is 5.26 Å². The number of carbonyl (C=O) groups is 3. The number of Topliss-reactive ketones (excluding diaryl/α,β-unsaturated/α-hetero) is 1. The summed E-state index contributed by atoms with van der Waals surface area (Å²) >= 11 is 0. The lowest BCUT2D eigenvalue weighted by molar-refractivity contribution is -0.294. The van der Waals surface area contributed by atoms with Crippen molar-refractivity contribution >= 4 is 17.7 Å². The number of carbonyl (C=O) groups excluding carboxylic acids is 3. The highest BCUT2D eigenvalue weighted by atomic mass is 16.6. The molecule has 0 aromatic heterocycles. The fourth-order valence-corrected chi connectivity index (χ4v) is 10.8. The van der Waals surface area contributed by atoms with Gasteiger partial charge in [0.1, 0.15) is 17.8 Å². The molecular weight excluding hydrogens is 530 g/mol. The summed E-state index contributed by atoms with van der Waals surface area (Å²) < 4.78 is 11.9. The molecule has 42 heavy (non-hydrogen) atoms. The van der Waals surface area contributed by atoms with Crippen LogP contribution >= 0.6 is 0 Å². The average Bonchev–Trinajstić information content (AvgIpc) is 2.88. The molecule has 8 atom stereocenters. The van der Waals surface area contributed by atoms with Gasteiger partial charge in [0.2, 0.25) is 0 Å². The second kappa shape index (κ2) is 9.27. The van der Waals surface area contributed by atoms with Crippen LogP contribution in [0.4, 0.5) is 0 Å². The van der Waals surface area contributed by atoms with Crippen molar-refractivity contribution in [3.63, 3.8) is 0 Å². The zero-order valence-electron chi connectivity index (χ0n) is 27.0. The first-order valence-electron chi connectivity index (χ1n) is 15.7. The highest BCUT2D eigenvalue weighted by molar-refractivity contribution is 6.04. The maximum absolute atomic E-state index is 13.5. The van der Waals surface area contributed by atoms with E-state index < -0.39 is 44.7 Å². The van der Waals surface area contributed by atoms with Gasteiger partial charge in [-0.15, -0.1) is 0 Å². The second-order valence-electron chi connectivity index (χ2n) is 16.3. The van der Waals surface area contributed by atoms with Gasteiger partial charge in [0, 0.05) is 41.4 Å². The monoisotopic (exact) mass is 579 g/mol. The maximum atomic E-state index is 13.5. The van der Waals surface area contributed by atoms with E-state index in [9.17, 15) is 24.8 Å². The molecular formula is C35H49NO6. The molecule has 0 aliphatic heterocycles. The van der Waals surface area contributed by atoms with Gasteiger partial charge in [-0.3, -0.25) is 14.4 Å². The summed E-state index contributed by atoms with van der Waals surface area (Å²) in [6.07, 6.45) is 8.44. The Bertz CT molecular complexity index is 1330. The van der Waals surface area contributed by atoms with Crippen LogP contribution in [0.1, 0.15) is 107 Å². The molecule has 1 N–H and O–H groups in total. The van der Waals surface area contributed by atoms with Crippen LogP contribution in [0.2, 0.25) is 0 Å². The molecule has 0 heterocycles. The molecule has 0 amide bonds. The number of hydrogen-bond donors (Lipinski definition) is 1. The van der Waals surface area contributed by atoms with Gasteiger partial charge in [0.25, 0.3) is 0 Å².